The Hall–Kier alpha value is -0.610. The molecule has 1 rings (SSSR count). The number of rotatable bonds is 6. The fourth-order valence-electron chi connectivity index (χ4n) is 2.55. The molecule has 1 heterocycles. The van der Waals surface area contributed by atoms with Crippen LogP contribution in [0.25, 0.3) is 0 Å². The predicted octanol–water partition coefficient (Wildman–Crippen LogP) is 2.50. The van der Waals surface area contributed by atoms with Gasteiger partial charge >= 0.3 is 5.97 Å². The number of carbonyl (C=O) groups excluding carboxylic acids is 1. The van der Waals surface area contributed by atoms with Crippen molar-refractivity contribution in [1.29, 1.82) is 0 Å². The Labute approximate surface area is 117 Å². The van der Waals surface area contributed by atoms with Crippen molar-refractivity contribution in [2.24, 2.45) is 17.6 Å². The lowest BCUT2D eigenvalue weighted by molar-refractivity contribution is -0.163. The Morgan fingerprint density at radius 3 is 2.47 bits per heavy atom. The van der Waals surface area contributed by atoms with Crippen molar-refractivity contribution in [2.75, 3.05) is 19.8 Å². The number of esters is 1. The van der Waals surface area contributed by atoms with Gasteiger partial charge in [0.25, 0.3) is 0 Å². The summed E-state index contributed by atoms with van der Waals surface area (Å²) in [4.78, 5) is 12.4. The first kappa shape index (κ1) is 16.4. The van der Waals surface area contributed by atoms with Crippen molar-refractivity contribution >= 4 is 5.97 Å². The van der Waals surface area contributed by atoms with Gasteiger partial charge in [-0.15, -0.1) is 0 Å². The van der Waals surface area contributed by atoms with E-state index < -0.39 is 5.60 Å². The Morgan fingerprint density at radius 2 is 1.95 bits per heavy atom. The minimum atomic E-state index is -0.408. The van der Waals surface area contributed by atoms with Gasteiger partial charge in [-0.2, -0.15) is 0 Å². The van der Waals surface area contributed by atoms with Crippen LogP contribution in [0.4, 0.5) is 0 Å². The summed E-state index contributed by atoms with van der Waals surface area (Å²) in [5, 5.41) is 0. The third-order valence-electron chi connectivity index (χ3n) is 3.51. The fraction of sp³-hybridized carbons (Fsp3) is 0.933. The molecule has 0 aromatic heterocycles. The zero-order valence-corrected chi connectivity index (χ0v) is 12.6. The summed E-state index contributed by atoms with van der Waals surface area (Å²) in [6.45, 7) is 7.99. The Balaban J connectivity index is 2.58. The SMILES string of the molecule is CC(C)(C)OC(=O)C(CCCCN)C1CCOCC1. The van der Waals surface area contributed by atoms with Crippen LogP contribution in [0.3, 0.4) is 0 Å². The van der Waals surface area contributed by atoms with Crippen molar-refractivity contribution < 1.29 is 14.3 Å². The zero-order chi connectivity index (χ0) is 14.3. The molecule has 4 heteroatoms. The van der Waals surface area contributed by atoms with Gasteiger partial charge in [0.05, 0.1) is 5.92 Å². The number of hydrogen-bond donors (Lipinski definition) is 1. The van der Waals surface area contributed by atoms with Crippen LogP contribution >= 0.6 is 0 Å². The van der Waals surface area contributed by atoms with E-state index in [2.05, 4.69) is 0 Å². The minimum absolute atomic E-state index is 0.00896. The number of carbonyl (C=O) groups is 1. The van der Waals surface area contributed by atoms with Gasteiger partial charge in [0, 0.05) is 13.2 Å². The van der Waals surface area contributed by atoms with E-state index in [1.807, 2.05) is 20.8 Å². The zero-order valence-electron chi connectivity index (χ0n) is 12.6. The molecule has 1 saturated heterocycles. The van der Waals surface area contributed by atoms with Crippen LogP contribution in [0.2, 0.25) is 0 Å². The van der Waals surface area contributed by atoms with Crippen LogP contribution < -0.4 is 5.73 Å². The summed E-state index contributed by atoms with van der Waals surface area (Å²) in [5.41, 5.74) is 5.13. The van der Waals surface area contributed by atoms with Crippen LogP contribution in [-0.2, 0) is 14.3 Å². The highest BCUT2D eigenvalue weighted by atomic mass is 16.6. The lowest BCUT2D eigenvalue weighted by Gasteiger charge is -2.31. The molecule has 1 atom stereocenters. The minimum Gasteiger partial charge on any atom is -0.460 e. The molecule has 4 nitrogen and oxygen atoms in total. The molecular weight excluding hydrogens is 242 g/mol. The lowest BCUT2D eigenvalue weighted by atomic mass is 9.82. The van der Waals surface area contributed by atoms with Gasteiger partial charge in [0.2, 0.25) is 0 Å². The largest absolute Gasteiger partial charge is 0.460 e. The number of hydrogen-bond acceptors (Lipinski definition) is 4. The van der Waals surface area contributed by atoms with Crippen molar-refractivity contribution in [1.82, 2.24) is 0 Å². The van der Waals surface area contributed by atoms with E-state index in [9.17, 15) is 4.79 Å². The first-order valence-corrected chi connectivity index (χ1v) is 7.44. The van der Waals surface area contributed by atoms with Crippen LogP contribution in [0.1, 0.15) is 52.9 Å². The second-order valence-electron chi connectivity index (χ2n) is 6.37. The molecule has 2 N–H and O–H groups in total. The topological polar surface area (TPSA) is 61.5 Å². The van der Waals surface area contributed by atoms with E-state index in [4.69, 9.17) is 15.2 Å². The molecule has 1 fully saturated rings. The molecule has 112 valence electrons. The number of nitrogens with two attached hydrogens (primary N) is 1. The van der Waals surface area contributed by atoms with E-state index in [0.29, 0.717) is 12.5 Å². The van der Waals surface area contributed by atoms with Gasteiger partial charge in [-0.3, -0.25) is 4.79 Å². The van der Waals surface area contributed by atoms with E-state index >= 15 is 0 Å². The highest BCUT2D eigenvalue weighted by Crippen LogP contribution is 2.30. The van der Waals surface area contributed by atoms with Gasteiger partial charge in [-0.1, -0.05) is 6.42 Å². The Morgan fingerprint density at radius 1 is 1.32 bits per heavy atom. The summed E-state index contributed by atoms with van der Waals surface area (Å²) in [6, 6.07) is 0. The molecule has 0 amide bonds. The maximum absolute atomic E-state index is 12.4. The first-order valence-electron chi connectivity index (χ1n) is 7.44. The molecule has 0 radical (unpaired) electrons. The van der Waals surface area contributed by atoms with Gasteiger partial charge in [-0.05, 0) is 58.9 Å². The molecule has 1 aliphatic heterocycles. The van der Waals surface area contributed by atoms with Crippen molar-refractivity contribution in [3.8, 4) is 0 Å². The normalized spacial score (nSPS) is 19.2. The summed E-state index contributed by atoms with van der Waals surface area (Å²) >= 11 is 0. The van der Waals surface area contributed by atoms with Crippen LogP contribution in [0.15, 0.2) is 0 Å². The standard InChI is InChI=1S/C15H29NO3/c1-15(2,3)19-14(17)13(6-4-5-9-16)12-7-10-18-11-8-12/h12-13H,4-11,16H2,1-3H3. The van der Waals surface area contributed by atoms with Gasteiger partial charge < -0.3 is 15.2 Å². The van der Waals surface area contributed by atoms with Gasteiger partial charge in [-0.25, -0.2) is 0 Å². The maximum Gasteiger partial charge on any atom is 0.309 e. The maximum atomic E-state index is 12.4. The monoisotopic (exact) mass is 271 g/mol. The molecule has 19 heavy (non-hydrogen) atoms. The third kappa shape index (κ3) is 6.39. The molecule has 0 bridgehead atoms. The molecule has 1 aliphatic rings. The molecule has 0 spiro atoms. The summed E-state index contributed by atoms with van der Waals surface area (Å²) < 4.78 is 11.0. The van der Waals surface area contributed by atoms with Crippen LogP contribution in [0.5, 0.6) is 0 Å². The average molecular weight is 271 g/mol. The summed E-state index contributed by atoms with van der Waals surface area (Å²) in [7, 11) is 0. The summed E-state index contributed by atoms with van der Waals surface area (Å²) in [6.07, 6.45) is 4.79. The van der Waals surface area contributed by atoms with E-state index in [1.165, 1.54) is 0 Å². The quantitative estimate of drug-likeness (QED) is 0.595. The molecule has 0 aromatic carbocycles. The molecule has 0 aliphatic carbocycles. The van der Waals surface area contributed by atoms with Gasteiger partial charge in [0.15, 0.2) is 0 Å². The molecule has 0 saturated carbocycles. The van der Waals surface area contributed by atoms with E-state index in [0.717, 1.165) is 45.3 Å². The molecular formula is C15H29NO3. The Bertz CT molecular complexity index is 267. The number of unbranched alkanes of at least 4 members (excludes halogenated alkanes) is 1. The van der Waals surface area contributed by atoms with E-state index in [1.54, 1.807) is 0 Å². The summed E-state index contributed by atoms with van der Waals surface area (Å²) in [5.74, 6) is 0.368. The van der Waals surface area contributed by atoms with Gasteiger partial charge in [0.1, 0.15) is 5.60 Å². The first-order chi connectivity index (χ1) is 8.94. The lowest BCUT2D eigenvalue weighted by Crippen LogP contribution is -2.35. The Kier molecular flexibility index (Phi) is 6.80. The number of ether oxygens (including phenoxy) is 2. The predicted molar refractivity (Wildman–Crippen MR) is 75.8 cm³/mol. The molecule has 1 unspecified atom stereocenters. The van der Waals surface area contributed by atoms with Crippen molar-refractivity contribution in [3.05, 3.63) is 0 Å². The second kappa shape index (κ2) is 7.85. The highest BCUT2D eigenvalue weighted by molar-refractivity contribution is 5.73. The van der Waals surface area contributed by atoms with Crippen molar-refractivity contribution in [3.63, 3.8) is 0 Å². The fourth-order valence-corrected chi connectivity index (χ4v) is 2.55. The third-order valence-corrected chi connectivity index (χ3v) is 3.51. The van der Waals surface area contributed by atoms with Crippen LogP contribution in [0, 0.1) is 11.8 Å². The second-order valence-corrected chi connectivity index (χ2v) is 6.37. The average Bonchev–Trinajstić information content (AvgIpc) is 2.33. The van der Waals surface area contributed by atoms with Crippen LogP contribution in [-0.4, -0.2) is 31.3 Å². The highest BCUT2D eigenvalue weighted by Gasteiger charge is 2.32. The van der Waals surface area contributed by atoms with Crippen molar-refractivity contribution in [2.45, 2.75) is 58.5 Å². The van der Waals surface area contributed by atoms with E-state index in [-0.39, 0.29) is 11.9 Å². The molecule has 0 aromatic rings. The smallest absolute Gasteiger partial charge is 0.309 e.